The number of imide groups is 1. The summed E-state index contributed by atoms with van der Waals surface area (Å²) in [6.45, 7) is 0. The van der Waals surface area contributed by atoms with Gasteiger partial charge >= 0.3 is 0 Å². The number of hydrogen-bond acceptors (Lipinski definition) is 3. The number of hydrogen-bond donors (Lipinski definition) is 0. The number of carbonyl (C=O) groups excluding carboxylic acids is 2. The Morgan fingerprint density at radius 3 is 2.25 bits per heavy atom. The van der Waals surface area contributed by atoms with Gasteiger partial charge in [0.2, 0.25) is 0 Å². The lowest BCUT2D eigenvalue weighted by molar-refractivity contribution is 0.0926. The molecule has 7 rings (SSSR count). The Kier molecular flexibility index (Phi) is 4.38. The summed E-state index contributed by atoms with van der Waals surface area (Å²) in [5.41, 5.74) is 6.06. The topological polar surface area (TPSA) is 55.2 Å². The van der Waals surface area contributed by atoms with Gasteiger partial charge in [-0.3, -0.25) is 14.6 Å². The molecule has 170 valence electrons. The minimum Gasteiger partial charge on any atom is -0.308 e. The van der Waals surface area contributed by atoms with Crippen molar-refractivity contribution in [3.05, 3.63) is 127 Å². The van der Waals surface area contributed by atoms with Crippen molar-refractivity contribution in [3.8, 4) is 16.8 Å². The maximum absolute atomic E-state index is 13.8. The fraction of sp³-hybridized carbons (Fsp3) is 0. The number of nitrogens with zero attached hydrogens (tertiary/aromatic N) is 3. The fourth-order valence-electron chi connectivity index (χ4n) is 5.21. The molecule has 0 N–H and O–H groups in total. The SMILES string of the molecule is O=C1c2cccc(-n3c4ccccc4c4ccc(-c5cccnc5)cc43)c2C(=O)N1c1ccccc1. The summed E-state index contributed by atoms with van der Waals surface area (Å²) >= 11 is 0. The van der Waals surface area contributed by atoms with Crippen LogP contribution in [-0.2, 0) is 0 Å². The number of anilines is 1. The van der Waals surface area contributed by atoms with Gasteiger partial charge in [0.15, 0.2) is 0 Å². The predicted molar refractivity (Wildman–Crippen MR) is 142 cm³/mol. The highest BCUT2D eigenvalue weighted by Crippen LogP contribution is 2.38. The molecule has 0 aliphatic carbocycles. The van der Waals surface area contributed by atoms with E-state index in [9.17, 15) is 9.59 Å². The summed E-state index contributed by atoms with van der Waals surface area (Å²) < 4.78 is 2.10. The van der Waals surface area contributed by atoms with E-state index >= 15 is 0 Å². The number of fused-ring (bicyclic) bond motifs is 4. The van der Waals surface area contributed by atoms with E-state index in [4.69, 9.17) is 0 Å². The molecule has 0 saturated heterocycles. The summed E-state index contributed by atoms with van der Waals surface area (Å²) in [6.07, 6.45) is 3.60. The number of aromatic nitrogens is 2. The minimum absolute atomic E-state index is 0.306. The standard InChI is InChI=1S/C31H19N3O2/c35-30-25-12-6-14-27(29(25)31(36)33(30)22-9-2-1-3-10-22)34-26-13-5-4-11-23(26)24-16-15-20(18-28(24)34)21-8-7-17-32-19-21/h1-19H. The number of pyridine rings is 1. The summed E-state index contributed by atoms with van der Waals surface area (Å²) in [5, 5.41) is 2.16. The van der Waals surface area contributed by atoms with Crippen molar-refractivity contribution in [2.24, 2.45) is 0 Å². The zero-order valence-corrected chi connectivity index (χ0v) is 19.1. The molecule has 0 unspecified atom stereocenters. The molecule has 1 aliphatic heterocycles. The van der Waals surface area contributed by atoms with Crippen LogP contribution in [0.25, 0.3) is 38.6 Å². The molecule has 0 atom stereocenters. The van der Waals surface area contributed by atoms with Gasteiger partial charge in [0, 0.05) is 28.7 Å². The van der Waals surface area contributed by atoms with Crippen LogP contribution >= 0.6 is 0 Å². The predicted octanol–water partition coefficient (Wildman–Crippen LogP) is 6.65. The molecule has 2 amide bonds. The van der Waals surface area contributed by atoms with Crippen LogP contribution in [0.1, 0.15) is 20.7 Å². The average Bonchev–Trinajstić information content (AvgIpc) is 3.40. The Labute approximate surface area is 206 Å². The molecule has 0 radical (unpaired) electrons. The van der Waals surface area contributed by atoms with Crippen LogP contribution in [0.15, 0.2) is 116 Å². The molecule has 6 aromatic rings. The number of carbonyl (C=O) groups is 2. The number of amides is 2. The van der Waals surface area contributed by atoms with Gasteiger partial charge in [-0.15, -0.1) is 0 Å². The highest BCUT2D eigenvalue weighted by Gasteiger charge is 2.39. The monoisotopic (exact) mass is 465 g/mol. The Morgan fingerprint density at radius 1 is 0.611 bits per heavy atom. The van der Waals surface area contributed by atoms with Crippen LogP contribution in [0, 0.1) is 0 Å². The number of para-hydroxylation sites is 2. The molecule has 0 saturated carbocycles. The van der Waals surface area contributed by atoms with Gasteiger partial charge in [0.05, 0.1) is 33.5 Å². The van der Waals surface area contributed by atoms with E-state index in [1.165, 1.54) is 4.90 Å². The quantitative estimate of drug-likeness (QED) is 0.275. The van der Waals surface area contributed by atoms with Gasteiger partial charge in [-0.1, -0.05) is 60.7 Å². The number of benzene rings is 4. The Bertz CT molecular complexity index is 1820. The first-order valence-electron chi connectivity index (χ1n) is 11.7. The summed E-state index contributed by atoms with van der Waals surface area (Å²) in [5.74, 6) is -0.619. The van der Waals surface area contributed by atoms with Crippen molar-refractivity contribution in [3.63, 3.8) is 0 Å². The van der Waals surface area contributed by atoms with E-state index in [-0.39, 0.29) is 11.8 Å². The average molecular weight is 466 g/mol. The molecular weight excluding hydrogens is 446 g/mol. The fourth-order valence-corrected chi connectivity index (χ4v) is 5.21. The van der Waals surface area contributed by atoms with Crippen molar-refractivity contribution in [1.29, 1.82) is 0 Å². The molecule has 36 heavy (non-hydrogen) atoms. The number of rotatable bonds is 3. The maximum atomic E-state index is 13.8. The smallest absolute Gasteiger partial charge is 0.268 e. The first-order valence-corrected chi connectivity index (χ1v) is 11.7. The Balaban J connectivity index is 1.51. The Morgan fingerprint density at radius 2 is 1.42 bits per heavy atom. The zero-order valence-electron chi connectivity index (χ0n) is 19.1. The van der Waals surface area contributed by atoms with Gasteiger partial charge in [0.25, 0.3) is 11.8 Å². The maximum Gasteiger partial charge on any atom is 0.268 e. The largest absolute Gasteiger partial charge is 0.308 e. The molecule has 5 nitrogen and oxygen atoms in total. The third kappa shape index (κ3) is 2.86. The summed E-state index contributed by atoms with van der Waals surface area (Å²) in [4.78, 5) is 32.7. The van der Waals surface area contributed by atoms with Crippen molar-refractivity contribution in [1.82, 2.24) is 9.55 Å². The summed E-state index contributed by atoms with van der Waals surface area (Å²) in [6, 6.07) is 33.0. The van der Waals surface area contributed by atoms with E-state index in [2.05, 4.69) is 39.9 Å². The normalized spacial score (nSPS) is 13.1. The third-order valence-corrected chi connectivity index (χ3v) is 6.82. The second-order valence-corrected chi connectivity index (χ2v) is 8.81. The van der Waals surface area contributed by atoms with Crippen molar-refractivity contribution in [2.45, 2.75) is 0 Å². The first-order chi connectivity index (χ1) is 17.7. The van der Waals surface area contributed by atoms with E-state index in [1.54, 1.807) is 24.4 Å². The molecule has 2 aromatic heterocycles. The lowest BCUT2D eigenvalue weighted by atomic mass is 10.0. The molecule has 3 heterocycles. The third-order valence-electron chi connectivity index (χ3n) is 6.82. The summed E-state index contributed by atoms with van der Waals surface area (Å²) in [7, 11) is 0. The highest BCUT2D eigenvalue weighted by molar-refractivity contribution is 6.35. The van der Waals surface area contributed by atoms with Gasteiger partial charge in [-0.25, -0.2) is 4.90 Å². The van der Waals surface area contributed by atoms with Crippen molar-refractivity contribution in [2.75, 3.05) is 4.90 Å². The molecule has 4 aromatic carbocycles. The Hall–Kier alpha value is -5.03. The van der Waals surface area contributed by atoms with Crippen LogP contribution in [0.3, 0.4) is 0 Å². The molecule has 0 spiro atoms. The van der Waals surface area contributed by atoms with Crippen LogP contribution in [0.4, 0.5) is 5.69 Å². The van der Waals surface area contributed by atoms with Gasteiger partial charge in [0.1, 0.15) is 0 Å². The van der Waals surface area contributed by atoms with Crippen LogP contribution < -0.4 is 4.90 Å². The van der Waals surface area contributed by atoms with Gasteiger partial charge in [-0.2, -0.15) is 0 Å². The van der Waals surface area contributed by atoms with Crippen molar-refractivity contribution >= 4 is 39.3 Å². The van der Waals surface area contributed by atoms with Crippen LogP contribution in [-0.4, -0.2) is 21.4 Å². The van der Waals surface area contributed by atoms with E-state index in [1.807, 2.05) is 60.8 Å². The van der Waals surface area contributed by atoms with E-state index < -0.39 is 0 Å². The minimum atomic E-state index is -0.314. The van der Waals surface area contributed by atoms with Gasteiger partial charge < -0.3 is 4.57 Å². The lowest BCUT2D eigenvalue weighted by Crippen LogP contribution is -2.29. The molecule has 0 bridgehead atoms. The van der Waals surface area contributed by atoms with Crippen LogP contribution in [0.5, 0.6) is 0 Å². The second-order valence-electron chi connectivity index (χ2n) is 8.81. The van der Waals surface area contributed by atoms with E-state index in [0.29, 0.717) is 22.5 Å². The second kappa shape index (κ2) is 7.75. The van der Waals surface area contributed by atoms with Crippen LogP contribution in [0.2, 0.25) is 0 Å². The molecular formula is C31H19N3O2. The molecule has 5 heteroatoms. The van der Waals surface area contributed by atoms with E-state index in [0.717, 1.165) is 32.9 Å². The highest BCUT2D eigenvalue weighted by atomic mass is 16.2. The zero-order chi connectivity index (χ0) is 24.2. The molecule has 1 aliphatic rings. The first kappa shape index (κ1) is 20.4. The lowest BCUT2D eigenvalue weighted by Gasteiger charge is -2.14. The van der Waals surface area contributed by atoms with Crippen molar-refractivity contribution < 1.29 is 9.59 Å². The van der Waals surface area contributed by atoms with Gasteiger partial charge in [-0.05, 0) is 48.0 Å². The molecule has 0 fully saturated rings.